The number of carbonyl (C=O) groups excluding carboxylic acids is 1. The standard InChI is InChI=1S/C11H10BrN3O2/c1-6-5-17-11(14-6)15-10(16)8-3-2-7(12)4-9(8)13/h2-5H,13H2,1H3,(H,14,15,16). The van der Waals surface area contributed by atoms with Gasteiger partial charge in [-0.3, -0.25) is 10.1 Å². The Labute approximate surface area is 106 Å². The number of anilines is 2. The maximum absolute atomic E-state index is 11.8. The van der Waals surface area contributed by atoms with E-state index in [0.717, 1.165) is 4.47 Å². The first-order valence-corrected chi connectivity index (χ1v) is 5.64. The van der Waals surface area contributed by atoms with E-state index in [1.165, 1.54) is 6.26 Å². The lowest BCUT2D eigenvalue weighted by molar-refractivity contribution is 0.102. The number of aryl methyl sites for hydroxylation is 1. The van der Waals surface area contributed by atoms with Gasteiger partial charge in [0.15, 0.2) is 0 Å². The smallest absolute Gasteiger partial charge is 0.301 e. The molecule has 1 aromatic carbocycles. The molecule has 1 amide bonds. The molecule has 3 N–H and O–H groups in total. The Hall–Kier alpha value is -1.82. The second-order valence-corrected chi connectivity index (χ2v) is 4.40. The van der Waals surface area contributed by atoms with Crippen molar-refractivity contribution in [1.82, 2.24) is 4.98 Å². The van der Waals surface area contributed by atoms with Gasteiger partial charge in [0.2, 0.25) is 0 Å². The Morgan fingerprint density at radius 3 is 2.88 bits per heavy atom. The van der Waals surface area contributed by atoms with E-state index in [2.05, 4.69) is 26.2 Å². The fourth-order valence-electron chi connectivity index (χ4n) is 1.32. The maximum atomic E-state index is 11.8. The maximum Gasteiger partial charge on any atom is 0.301 e. The van der Waals surface area contributed by atoms with Gasteiger partial charge in [0.25, 0.3) is 5.91 Å². The van der Waals surface area contributed by atoms with Crippen molar-refractivity contribution in [1.29, 1.82) is 0 Å². The van der Waals surface area contributed by atoms with E-state index in [1.807, 2.05) is 0 Å². The van der Waals surface area contributed by atoms with Gasteiger partial charge in [0.1, 0.15) is 6.26 Å². The van der Waals surface area contributed by atoms with Crippen molar-refractivity contribution < 1.29 is 9.21 Å². The summed E-state index contributed by atoms with van der Waals surface area (Å²) in [6.45, 7) is 1.77. The molecule has 6 heteroatoms. The molecule has 2 rings (SSSR count). The summed E-state index contributed by atoms with van der Waals surface area (Å²) in [5, 5.41) is 2.53. The Balaban J connectivity index is 2.20. The van der Waals surface area contributed by atoms with Gasteiger partial charge in [-0.05, 0) is 25.1 Å². The molecule has 1 heterocycles. The fraction of sp³-hybridized carbons (Fsp3) is 0.0909. The zero-order valence-electron chi connectivity index (χ0n) is 9.03. The Morgan fingerprint density at radius 2 is 2.29 bits per heavy atom. The van der Waals surface area contributed by atoms with Gasteiger partial charge in [-0.25, -0.2) is 0 Å². The molecular formula is C11H10BrN3O2. The van der Waals surface area contributed by atoms with E-state index in [0.29, 0.717) is 16.9 Å². The van der Waals surface area contributed by atoms with Crippen molar-refractivity contribution >= 4 is 33.5 Å². The monoisotopic (exact) mass is 295 g/mol. The number of oxazole rings is 1. The molecule has 0 atom stereocenters. The number of benzene rings is 1. The van der Waals surface area contributed by atoms with Crippen molar-refractivity contribution in [3.8, 4) is 0 Å². The predicted octanol–water partition coefficient (Wildman–Crippen LogP) is 2.58. The first-order chi connectivity index (χ1) is 8.06. The van der Waals surface area contributed by atoms with E-state index in [4.69, 9.17) is 10.2 Å². The minimum Gasteiger partial charge on any atom is -0.432 e. The lowest BCUT2D eigenvalue weighted by Gasteiger charge is -2.04. The molecule has 0 spiro atoms. The fourth-order valence-corrected chi connectivity index (χ4v) is 1.69. The van der Waals surface area contributed by atoms with Crippen LogP contribution in [0.15, 0.2) is 33.4 Å². The zero-order valence-corrected chi connectivity index (χ0v) is 10.6. The molecule has 0 aliphatic heterocycles. The summed E-state index contributed by atoms with van der Waals surface area (Å²) >= 11 is 3.27. The molecular weight excluding hydrogens is 286 g/mol. The van der Waals surface area contributed by atoms with Gasteiger partial charge in [0, 0.05) is 10.2 Å². The number of nitrogens with one attached hydrogen (secondary N) is 1. The SMILES string of the molecule is Cc1coc(NC(=O)c2ccc(Br)cc2N)n1. The molecule has 0 aliphatic rings. The molecule has 5 nitrogen and oxygen atoms in total. The number of amides is 1. The molecule has 0 fully saturated rings. The topological polar surface area (TPSA) is 81.2 Å². The van der Waals surface area contributed by atoms with Crippen LogP contribution in [0, 0.1) is 6.92 Å². The highest BCUT2D eigenvalue weighted by Gasteiger charge is 2.12. The molecule has 0 radical (unpaired) electrons. The van der Waals surface area contributed by atoms with Crippen LogP contribution < -0.4 is 11.1 Å². The van der Waals surface area contributed by atoms with E-state index in [-0.39, 0.29) is 11.9 Å². The van der Waals surface area contributed by atoms with E-state index in [9.17, 15) is 4.79 Å². The normalized spacial score (nSPS) is 10.2. The molecule has 0 saturated carbocycles. The van der Waals surface area contributed by atoms with Crippen LogP contribution in [0.4, 0.5) is 11.7 Å². The van der Waals surface area contributed by atoms with Crippen molar-refractivity contribution in [2.24, 2.45) is 0 Å². The number of carbonyl (C=O) groups is 1. The van der Waals surface area contributed by atoms with Crippen molar-refractivity contribution in [3.05, 3.63) is 40.2 Å². The quantitative estimate of drug-likeness (QED) is 0.835. The molecule has 17 heavy (non-hydrogen) atoms. The van der Waals surface area contributed by atoms with Crippen LogP contribution in [-0.2, 0) is 0 Å². The molecule has 0 aliphatic carbocycles. The average Bonchev–Trinajstić information content (AvgIpc) is 2.63. The van der Waals surface area contributed by atoms with E-state index in [1.54, 1.807) is 25.1 Å². The summed E-state index contributed by atoms with van der Waals surface area (Å²) in [5.74, 6) is -0.350. The number of aromatic nitrogens is 1. The van der Waals surface area contributed by atoms with Crippen LogP contribution >= 0.6 is 15.9 Å². The van der Waals surface area contributed by atoms with Crippen LogP contribution in [0.3, 0.4) is 0 Å². The van der Waals surface area contributed by atoms with Crippen molar-refractivity contribution in [2.45, 2.75) is 6.92 Å². The van der Waals surface area contributed by atoms with Crippen LogP contribution in [-0.4, -0.2) is 10.9 Å². The van der Waals surface area contributed by atoms with Crippen LogP contribution in [0.1, 0.15) is 16.1 Å². The Bertz CT molecular complexity index is 566. The predicted molar refractivity (Wildman–Crippen MR) is 67.7 cm³/mol. The third kappa shape index (κ3) is 2.65. The average molecular weight is 296 g/mol. The molecule has 0 bridgehead atoms. The first-order valence-electron chi connectivity index (χ1n) is 4.85. The number of rotatable bonds is 2. The van der Waals surface area contributed by atoms with Crippen LogP contribution in [0.5, 0.6) is 0 Å². The number of hydrogen-bond donors (Lipinski definition) is 2. The highest BCUT2D eigenvalue weighted by Crippen LogP contribution is 2.19. The zero-order chi connectivity index (χ0) is 12.4. The van der Waals surface area contributed by atoms with Gasteiger partial charge in [-0.2, -0.15) is 4.98 Å². The highest BCUT2D eigenvalue weighted by atomic mass is 79.9. The second kappa shape index (κ2) is 4.58. The Morgan fingerprint density at radius 1 is 1.53 bits per heavy atom. The van der Waals surface area contributed by atoms with Crippen LogP contribution in [0.25, 0.3) is 0 Å². The summed E-state index contributed by atoms with van der Waals surface area (Å²) in [6.07, 6.45) is 1.46. The van der Waals surface area contributed by atoms with Gasteiger partial charge >= 0.3 is 6.01 Å². The minimum atomic E-state index is -0.350. The number of nitrogens with zero attached hydrogens (tertiary/aromatic N) is 1. The highest BCUT2D eigenvalue weighted by molar-refractivity contribution is 9.10. The number of nitrogens with two attached hydrogens (primary N) is 1. The first kappa shape index (κ1) is 11.7. The van der Waals surface area contributed by atoms with Gasteiger partial charge < -0.3 is 10.2 Å². The minimum absolute atomic E-state index is 0.162. The largest absolute Gasteiger partial charge is 0.432 e. The molecule has 0 saturated heterocycles. The molecule has 88 valence electrons. The molecule has 1 aromatic heterocycles. The van der Waals surface area contributed by atoms with Gasteiger partial charge in [-0.1, -0.05) is 15.9 Å². The van der Waals surface area contributed by atoms with Crippen molar-refractivity contribution in [2.75, 3.05) is 11.1 Å². The summed E-state index contributed by atoms with van der Waals surface area (Å²) < 4.78 is 5.84. The number of hydrogen-bond acceptors (Lipinski definition) is 4. The third-order valence-electron chi connectivity index (χ3n) is 2.10. The Kier molecular flexibility index (Phi) is 3.14. The van der Waals surface area contributed by atoms with Crippen molar-refractivity contribution in [3.63, 3.8) is 0 Å². The molecule has 0 unspecified atom stereocenters. The lowest BCUT2D eigenvalue weighted by atomic mass is 10.2. The lowest BCUT2D eigenvalue weighted by Crippen LogP contribution is -2.14. The number of halogens is 1. The third-order valence-corrected chi connectivity index (χ3v) is 2.59. The van der Waals surface area contributed by atoms with Gasteiger partial charge in [-0.15, -0.1) is 0 Å². The van der Waals surface area contributed by atoms with Crippen LogP contribution in [0.2, 0.25) is 0 Å². The summed E-state index contributed by atoms with van der Waals surface area (Å²) in [5.41, 5.74) is 7.21. The van der Waals surface area contributed by atoms with E-state index < -0.39 is 0 Å². The van der Waals surface area contributed by atoms with Gasteiger partial charge in [0.05, 0.1) is 11.3 Å². The summed E-state index contributed by atoms with van der Waals surface area (Å²) in [7, 11) is 0. The summed E-state index contributed by atoms with van der Waals surface area (Å²) in [4.78, 5) is 15.8. The molecule has 2 aromatic rings. The number of nitrogen functional groups attached to an aromatic ring is 1. The second-order valence-electron chi connectivity index (χ2n) is 3.48. The van der Waals surface area contributed by atoms with E-state index >= 15 is 0 Å². The summed E-state index contributed by atoms with van der Waals surface area (Å²) in [6, 6.07) is 5.20.